The maximum Gasteiger partial charge on any atom is 0.318 e. The molecule has 0 spiro atoms. The second-order valence-electron chi connectivity index (χ2n) is 11.8. The van der Waals surface area contributed by atoms with E-state index in [9.17, 15) is 14.0 Å². The molecule has 10 heteroatoms. The molecule has 44 heavy (non-hydrogen) atoms. The number of hydrogen-bond donors (Lipinski definition) is 2. The number of carbonyl (C=O) groups excluding carboxylic acids is 2. The van der Waals surface area contributed by atoms with Crippen molar-refractivity contribution in [2.24, 2.45) is 0 Å². The third kappa shape index (κ3) is 6.27. The van der Waals surface area contributed by atoms with Gasteiger partial charge in [-0.2, -0.15) is 0 Å². The number of piperazine rings is 1. The van der Waals surface area contributed by atoms with Crippen LogP contribution in [0.15, 0.2) is 77.8 Å². The number of rotatable bonds is 7. The van der Waals surface area contributed by atoms with E-state index in [4.69, 9.17) is 0 Å². The normalized spacial score (nSPS) is 16.6. The number of aromatic amines is 1. The minimum absolute atomic E-state index is 0.107. The summed E-state index contributed by atoms with van der Waals surface area (Å²) in [5.74, 6) is 0.130. The van der Waals surface area contributed by atoms with Crippen LogP contribution in [0.25, 0.3) is 10.9 Å². The Hall–Kier alpha value is -4.02. The maximum atomic E-state index is 14.6. The van der Waals surface area contributed by atoms with Crippen molar-refractivity contribution in [3.8, 4) is 0 Å². The Kier molecular flexibility index (Phi) is 8.81. The van der Waals surface area contributed by atoms with Gasteiger partial charge in [-0.15, -0.1) is 11.8 Å². The van der Waals surface area contributed by atoms with Gasteiger partial charge in [0.1, 0.15) is 11.9 Å². The predicted molar refractivity (Wildman–Crippen MR) is 176 cm³/mol. The molecular weight excluding hydrogens is 575 g/mol. The molecule has 0 radical (unpaired) electrons. The van der Waals surface area contributed by atoms with Gasteiger partial charge in [0, 0.05) is 78.6 Å². The van der Waals surface area contributed by atoms with E-state index in [1.807, 2.05) is 50.3 Å². The van der Waals surface area contributed by atoms with Crippen LogP contribution in [0.5, 0.6) is 0 Å². The molecule has 0 unspecified atom stereocenters. The molecule has 2 N–H and O–H groups in total. The van der Waals surface area contributed by atoms with Crippen molar-refractivity contribution in [3.63, 3.8) is 0 Å². The van der Waals surface area contributed by atoms with Gasteiger partial charge in [-0.1, -0.05) is 31.2 Å². The number of fused-ring (bicyclic) bond motifs is 2. The molecule has 3 heterocycles. The van der Waals surface area contributed by atoms with E-state index in [2.05, 4.69) is 44.4 Å². The summed E-state index contributed by atoms with van der Waals surface area (Å²) in [5, 5.41) is 4.22. The Morgan fingerprint density at radius 3 is 2.50 bits per heavy atom. The summed E-state index contributed by atoms with van der Waals surface area (Å²) in [6, 6.07) is 19.8. The second kappa shape index (κ2) is 12.9. The Morgan fingerprint density at radius 1 is 1.00 bits per heavy atom. The first-order valence-corrected chi connectivity index (χ1v) is 16.1. The molecule has 3 amide bonds. The van der Waals surface area contributed by atoms with Gasteiger partial charge in [0.15, 0.2) is 0 Å². The number of H-pyrrole nitrogens is 1. The number of para-hydroxylation sites is 1. The minimum atomic E-state index is -0.773. The van der Waals surface area contributed by atoms with Crippen LogP contribution >= 0.6 is 11.8 Å². The van der Waals surface area contributed by atoms with Crippen molar-refractivity contribution in [2.45, 2.75) is 30.3 Å². The minimum Gasteiger partial charge on any atom is -0.368 e. The Bertz CT molecular complexity index is 1630. The molecular formula is C34H39FN6O2S. The molecule has 0 bridgehead atoms. The Labute approximate surface area is 262 Å². The van der Waals surface area contributed by atoms with Crippen LogP contribution in [-0.2, 0) is 11.3 Å². The fourth-order valence-corrected chi connectivity index (χ4v) is 7.19. The lowest BCUT2D eigenvalue weighted by atomic mass is 9.91. The van der Waals surface area contributed by atoms with E-state index in [0.717, 1.165) is 50.6 Å². The first-order chi connectivity index (χ1) is 21.3. The number of aromatic nitrogens is 1. The Balaban J connectivity index is 1.26. The van der Waals surface area contributed by atoms with Crippen LogP contribution < -0.4 is 15.1 Å². The molecule has 1 fully saturated rings. The molecule has 6 rings (SSSR count). The van der Waals surface area contributed by atoms with Crippen molar-refractivity contribution < 1.29 is 14.0 Å². The zero-order chi connectivity index (χ0) is 30.8. The number of amides is 3. The standard InChI is InChI=1S/C34H39FN6O2S/c1-23(28-21-36-29-7-5-4-6-27(28)29)32(33(42)41-18-19-44-31-13-8-24(20-30(31)41)22-38(2)3)37-34(43)40-16-14-39(15-17-40)26-11-9-25(35)10-12-26/h4-13,20-21,23,32,36H,14-19,22H2,1-3H3,(H,37,43)/t23-,32+/m0/s1. The molecule has 0 aliphatic carbocycles. The summed E-state index contributed by atoms with van der Waals surface area (Å²) < 4.78 is 13.4. The predicted octanol–water partition coefficient (Wildman–Crippen LogP) is 5.51. The lowest BCUT2D eigenvalue weighted by molar-refractivity contribution is -0.120. The summed E-state index contributed by atoms with van der Waals surface area (Å²) in [6.45, 7) is 5.63. The first kappa shape index (κ1) is 30.0. The number of nitrogens with zero attached hydrogens (tertiary/aromatic N) is 4. The zero-order valence-corrected chi connectivity index (χ0v) is 26.2. The summed E-state index contributed by atoms with van der Waals surface area (Å²) >= 11 is 1.76. The van der Waals surface area contributed by atoms with Crippen molar-refractivity contribution in [2.75, 3.05) is 62.4 Å². The fraction of sp³-hybridized carbons (Fsp3) is 0.353. The molecule has 2 aliphatic rings. The lowest BCUT2D eigenvalue weighted by Gasteiger charge is -2.38. The molecule has 4 aromatic rings. The van der Waals surface area contributed by atoms with E-state index in [0.29, 0.717) is 32.7 Å². The third-order valence-electron chi connectivity index (χ3n) is 8.57. The van der Waals surface area contributed by atoms with Gasteiger partial charge in [0.05, 0.1) is 5.69 Å². The highest BCUT2D eigenvalue weighted by Crippen LogP contribution is 2.37. The molecule has 8 nitrogen and oxygen atoms in total. The smallest absolute Gasteiger partial charge is 0.318 e. The van der Waals surface area contributed by atoms with Crippen LogP contribution in [0.4, 0.5) is 20.6 Å². The van der Waals surface area contributed by atoms with Gasteiger partial charge >= 0.3 is 6.03 Å². The first-order valence-electron chi connectivity index (χ1n) is 15.1. The summed E-state index contributed by atoms with van der Waals surface area (Å²) in [5.41, 5.74) is 4.97. The van der Waals surface area contributed by atoms with Crippen molar-refractivity contribution in [3.05, 3.63) is 89.9 Å². The summed E-state index contributed by atoms with van der Waals surface area (Å²) in [4.78, 5) is 40.7. The van der Waals surface area contributed by atoms with Gasteiger partial charge in [-0.05, 0) is 67.7 Å². The second-order valence-corrected chi connectivity index (χ2v) is 13.0. The maximum absolute atomic E-state index is 14.6. The highest BCUT2D eigenvalue weighted by Gasteiger charge is 2.36. The van der Waals surface area contributed by atoms with E-state index in [1.165, 1.54) is 12.1 Å². The molecule has 2 aliphatic heterocycles. The quantitative estimate of drug-likeness (QED) is 0.287. The zero-order valence-electron chi connectivity index (χ0n) is 25.4. The summed E-state index contributed by atoms with van der Waals surface area (Å²) in [7, 11) is 4.07. The van der Waals surface area contributed by atoms with E-state index in [-0.39, 0.29) is 23.7 Å². The number of nitrogens with one attached hydrogen (secondary N) is 2. The third-order valence-corrected chi connectivity index (χ3v) is 9.61. The van der Waals surface area contributed by atoms with Crippen LogP contribution in [0, 0.1) is 5.82 Å². The molecule has 1 aromatic heterocycles. The fourth-order valence-electron chi connectivity index (χ4n) is 6.22. The van der Waals surface area contributed by atoms with Gasteiger partial charge in [-0.25, -0.2) is 9.18 Å². The van der Waals surface area contributed by atoms with E-state index in [1.54, 1.807) is 28.8 Å². The highest BCUT2D eigenvalue weighted by molar-refractivity contribution is 7.99. The Morgan fingerprint density at radius 2 is 1.75 bits per heavy atom. The van der Waals surface area contributed by atoms with Gasteiger partial charge in [-0.3, -0.25) is 4.79 Å². The van der Waals surface area contributed by atoms with Crippen molar-refractivity contribution >= 4 is 46.0 Å². The number of anilines is 2. The largest absolute Gasteiger partial charge is 0.368 e. The van der Waals surface area contributed by atoms with Crippen molar-refractivity contribution in [1.29, 1.82) is 0 Å². The number of halogens is 1. The van der Waals surface area contributed by atoms with Gasteiger partial charge in [0.25, 0.3) is 0 Å². The molecule has 230 valence electrons. The highest BCUT2D eigenvalue weighted by atomic mass is 32.2. The number of hydrogen-bond acceptors (Lipinski definition) is 5. The van der Waals surface area contributed by atoms with E-state index >= 15 is 0 Å². The number of urea groups is 1. The molecule has 1 saturated heterocycles. The average molecular weight is 615 g/mol. The molecule has 3 aromatic carbocycles. The SMILES string of the molecule is C[C@@H](c1c[nH]c2ccccc12)[C@@H](NC(=O)N1CCN(c2ccc(F)cc2)CC1)C(=O)N1CCSc2ccc(CN(C)C)cc21. The van der Waals surface area contributed by atoms with Crippen LogP contribution in [0.1, 0.15) is 24.0 Å². The van der Waals surface area contributed by atoms with Gasteiger partial charge in [0.2, 0.25) is 5.91 Å². The number of thioether (sulfide) groups is 1. The topological polar surface area (TPSA) is 74.9 Å². The van der Waals surface area contributed by atoms with Crippen LogP contribution in [0.3, 0.4) is 0 Å². The lowest BCUT2D eigenvalue weighted by Crippen LogP contribution is -2.58. The monoisotopic (exact) mass is 614 g/mol. The van der Waals surface area contributed by atoms with Gasteiger partial charge < -0.3 is 29.9 Å². The number of carbonyl (C=O) groups is 2. The average Bonchev–Trinajstić information content (AvgIpc) is 3.47. The van der Waals surface area contributed by atoms with Crippen LogP contribution in [-0.4, -0.2) is 85.3 Å². The van der Waals surface area contributed by atoms with E-state index < -0.39 is 6.04 Å². The molecule has 2 atom stereocenters. The molecule has 0 saturated carbocycles. The number of benzene rings is 3. The summed E-state index contributed by atoms with van der Waals surface area (Å²) in [6.07, 6.45) is 1.96. The van der Waals surface area contributed by atoms with Crippen molar-refractivity contribution in [1.82, 2.24) is 20.1 Å². The van der Waals surface area contributed by atoms with Crippen LogP contribution in [0.2, 0.25) is 0 Å².